The summed E-state index contributed by atoms with van der Waals surface area (Å²) in [6, 6.07) is 7.02. The molecule has 0 radical (unpaired) electrons. The third kappa shape index (κ3) is 1.58. The van der Waals surface area contributed by atoms with Crippen LogP contribution < -0.4 is 4.90 Å². The lowest BCUT2D eigenvalue weighted by atomic mass is 9.77. The SMILES string of the molecule is O=C1[C@@H]2[C@@H](C(=O)N1c1ccc(Br)cc1)[C@@]1(CO)C=C[C@H]2O1. The van der Waals surface area contributed by atoms with Crippen molar-refractivity contribution in [2.45, 2.75) is 11.7 Å². The summed E-state index contributed by atoms with van der Waals surface area (Å²) in [5, 5.41) is 9.62. The van der Waals surface area contributed by atoms with Crippen molar-refractivity contribution >= 4 is 33.4 Å². The minimum Gasteiger partial charge on any atom is -0.393 e. The van der Waals surface area contributed by atoms with Gasteiger partial charge in [0.1, 0.15) is 5.60 Å². The molecule has 2 saturated heterocycles. The van der Waals surface area contributed by atoms with Crippen LogP contribution in [0.5, 0.6) is 0 Å². The molecule has 108 valence electrons. The number of amides is 2. The Bertz CT molecular complexity index is 671. The summed E-state index contributed by atoms with van der Waals surface area (Å²) in [4.78, 5) is 26.6. The summed E-state index contributed by atoms with van der Waals surface area (Å²) in [5.41, 5.74) is -0.485. The molecule has 1 aromatic rings. The van der Waals surface area contributed by atoms with E-state index in [4.69, 9.17) is 4.74 Å². The van der Waals surface area contributed by atoms with E-state index in [1.807, 2.05) is 0 Å². The molecule has 1 aromatic carbocycles. The Morgan fingerprint density at radius 2 is 1.95 bits per heavy atom. The zero-order chi connectivity index (χ0) is 14.8. The number of anilines is 1. The van der Waals surface area contributed by atoms with E-state index >= 15 is 0 Å². The maximum atomic E-state index is 12.7. The number of benzene rings is 1. The number of carbonyl (C=O) groups excluding carboxylic acids is 2. The van der Waals surface area contributed by atoms with E-state index in [-0.39, 0.29) is 18.4 Å². The molecule has 4 rings (SSSR count). The lowest BCUT2D eigenvalue weighted by molar-refractivity contribution is -0.128. The van der Waals surface area contributed by atoms with Gasteiger partial charge >= 0.3 is 0 Å². The van der Waals surface area contributed by atoms with Crippen LogP contribution in [0.25, 0.3) is 0 Å². The van der Waals surface area contributed by atoms with Crippen molar-refractivity contribution < 1.29 is 19.4 Å². The molecule has 1 N–H and O–H groups in total. The van der Waals surface area contributed by atoms with Gasteiger partial charge in [-0.25, -0.2) is 4.90 Å². The van der Waals surface area contributed by atoms with Crippen LogP contribution in [0.2, 0.25) is 0 Å². The first-order valence-electron chi connectivity index (χ1n) is 6.69. The number of hydrogen-bond acceptors (Lipinski definition) is 4. The third-order valence-corrected chi connectivity index (χ3v) is 5.02. The number of aliphatic hydroxyl groups excluding tert-OH is 1. The minimum absolute atomic E-state index is 0.253. The predicted molar refractivity (Wildman–Crippen MR) is 77.4 cm³/mol. The summed E-state index contributed by atoms with van der Waals surface area (Å²) < 4.78 is 6.56. The van der Waals surface area contributed by atoms with Gasteiger partial charge in [-0.1, -0.05) is 28.1 Å². The van der Waals surface area contributed by atoms with Crippen molar-refractivity contribution in [3.05, 3.63) is 40.9 Å². The van der Waals surface area contributed by atoms with Crippen molar-refractivity contribution in [2.75, 3.05) is 11.5 Å². The molecule has 21 heavy (non-hydrogen) atoms. The fourth-order valence-corrected chi connectivity index (χ4v) is 3.79. The van der Waals surface area contributed by atoms with Crippen molar-refractivity contribution in [1.29, 1.82) is 0 Å². The monoisotopic (exact) mass is 349 g/mol. The maximum Gasteiger partial charge on any atom is 0.241 e. The summed E-state index contributed by atoms with van der Waals surface area (Å²) in [7, 11) is 0. The highest BCUT2D eigenvalue weighted by molar-refractivity contribution is 9.10. The molecule has 0 saturated carbocycles. The third-order valence-electron chi connectivity index (χ3n) is 4.49. The number of imide groups is 1. The van der Waals surface area contributed by atoms with Crippen LogP contribution in [0.1, 0.15) is 0 Å². The van der Waals surface area contributed by atoms with Gasteiger partial charge in [-0.2, -0.15) is 0 Å². The lowest BCUT2D eigenvalue weighted by Crippen LogP contribution is -2.43. The first-order chi connectivity index (χ1) is 10.1. The molecule has 2 amide bonds. The smallest absolute Gasteiger partial charge is 0.241 e. The molecule has 2 fully saturated rings. The summed E-state index contributed by atoms with van der Waals surface area (Å²) in [5.74, 6) is -1.71. The Labute approximate surface area is 129 Å². The van der Waals surface area contributed by atoms with Gasteiger partial charge in [0.2, 0.25) is 11.8 Å². The molecule has 6 heteroatoms. The number of hydrogen-bond donors (Lipinski definition) is 1. The first kappa shape index (κ1) is 13.2. The van der Waals surface area contributed by atoms with Crippen molar-refractivity contribution in [3.63, 3.8) is 0 Å². The van der Waals surface area contributed by atoms with Crippen LogP contribution in [-0.2, 0) is 14.3 Å². The van der Waals surface area contributed by atoms with Gasteiger partial charge in [-0.05, 0) is 24.3 Å². The van der Waals surface area contributed by atoms with Gasteiger partial charge in [-0.15, -0.1) is 0 Å². The number of ether oxygens (including phenoxy) is 1. The molecule has 0 spiro atoms. The largest absolute Gasteiger partial charge is 0.393 e. The summed E-state index contributed by atoms with van der Waals surface area (Å²) >= 11 is 3.33. The molecule has 2 bridgehead atoms. The topological polar surface area (TPSA) is 66.8 Å². The standard InChI is InChI=1S/C15H12BrNO4/c16-8-1-3-9(4-2-8)17-13(19)11-10-5-6-15(7-18,21-10)12(11)14(17)20/h1-6,10-12,18H,7H2/t10-,11+,12+,15+/m1/s1. The molecule has 4 atom stereocenters. The Kier molecular flexibility index (Phi) is 2.67. The Morgan fingerprint density at radius 1 is 1.24 bits per heavy atom. The van der Waals surface area contributed by atoms with Crippen molar-refractivity contribution in [1.82, 2.24) is 0 Å². The number of carbonyl (C=O) groups is 2. The van der Waals surface area contributed by atoms with Crippen LogP contribution in [0.3, 0.4) is 0 Å². The van der Waals surface area contributed by atoms with Gasteiger partial charge in [0.15, 0.2) is 0 Å². The van der Waals surface area contributed by atoms with E-state index in [1.54, 1.807) is 36.4 Å². The number of rotatable bonds is 2. The molecular formula is C15H12BrNO4. The summed E-state index contributed by atoms with van der Waals surface area (Å²) in [6.07, 6.45) is 3.07. The van der Waals surface area contributed by atoms with Crippen molar-refractivity contribution in [2.24, 2.45) is 11.8 Å². The molecule has 3 aliphatic heterocycles. The second-order valence-electron chi connectivity index (χ2n) is 5.55. The van der Waals surface area contributed by atoms with Crippen LogP contribution in [0.15, 0.2) is 40.9 Å². The van der Waals surface area contributed by atoms with E-state index in [2.05, 4.69) is 15.9 Å². The molecule has 5 nitrogen and oxygen atoms in total. The van der Waals surface area contributed by atoms with Gasteiger partial charge in [0.05, 0.1) is 30.2 Å². The van der Waals surface area contributed by atoms with E-state index in [9.17, 15) is 14.7 Å². The Morgan fingerprint density at radius 3 is 2.62 bits per heavy atom. The number of fused-ring (bicyclic) bond motifs is 5. The second-order valence-corrected chi connectivity index (χ2v) is 6.46. The number of halogens is 1. The molecule has 0 aliphatic carbocycles. The number of nitrogens with zero attached hydrogens (tertiary/aromatic N) is 1. The van der Waals surface area contributed by atoms with E-state index in [1.165, 1.54) is 4.90 Å². The zero-order valence-corrected chi connectivity index (χ0v) is 12.5. The van der Waals surface area contributed by atoms with Crippen LogP contribution in [0.4, 0.5) is 5.69 Å². The normalized spacial score (nSPS) is 36.7. The highest BCUT2D eigenvalue weighted by Crippen LogP contribution is 2.52. The minimum atomic E-state index is -1.04. The Hall–Kier alpha value is -1.50. The van der Waals surface area contributed by atoms with Gasteiger partial charge in [0.25, 0.3) is 0 Å². The first-order valence-corrected chi connectivity index (χ1v) is 7.48. The fourth-order valence-electron chi connectivity index (χ4n) is 3.53. The van der Waals surface area contributed by atoms with Gasteiger partial charge < -0.3 is 9.84 Å². The fraction of sp³-hybridized carbons (Fsp3) is 0.333. The van der Waals surface area contributed by atoms with E-state index in [0.29, 0.717) is 5.69 Å². The van der Waals surface area contributed by atoms with Crippen LogP contribution in [-0.4, -0.2) is 35.2 Å². The Balaban J connectivity index is 1.77. The molecular weight excluding hydrogens is 338 g/mol. The average Bonchev–Trinajstić information content (AvgIpc) is 3.12. The maximum absolute atomic E-state index is 12.7. The van der Waals surface area contributed by atoms with E-state index in [0.717, 1.165) is 4.47 Å². The van der Waals surface area contributed by atoms with Crippen molar-refractivity contribution in [3.8, 4) is 0 Å². The number of aliphatic hydroxyl groups is 1. The highest BCUT2D eigenvalue weighted by atomic mass is 79.9. The van der Waals surface area contributed by atoms with Crippen LogP contribution in [0, 0.1) is 11.8 Å². The van der Waals surface area contributed by atoms with Gasteiger partial charge in [0, 0.05) is 4.47 Å². The molecule has 3 aliphatic rings. The predicted octanol–water partition coefficient (Wildman–Crippen LogP) is 1.25. The lowest BCUT2D eigenvalue weighted by Gasteiger charge is -2.26. The molecule has 3 heterocycles. The molecule has 0 aromatic heterocycles. The zero-order valence-electron chi connectivity index (χ0n) is 10.9. The quantitative estimate of drug-likeness (QED) is 0.644. The van der Waals surface area contributed by atoms with Gasteiger partial charge in [-0.3, -0.25) is 9.59 Å². The molecule has 0 unspecified atom stereocenters. The van der Waals surface area contributed by atoms with Crippen LogP contribution >= 0.6 is 15.9 Å². The average molecular weight is 350 g/mol. The summed E-state index contributed by atoms with van der Waals surface area (Å²) in [6.45, 7) is -0.297. The second kappa shape index (κ2) is 4.25. The highest BCUT2D eigenvalue weighted by Gasteiger charge is 2.67. The van der Waals surface area contributed by atoms with E-state index < -0.39 is 23.5 Å².